The lowest BCUT2D eigenvalue weighted by molar-refractivity contribution is 0.316. The molecule has 0 unspecified atom stereocenters. The summed E-state index contributed by atoms with van der Waals surface area (Å²) in [4.78, 5) is 4.24. The van der Waals surface area contributed by atoms with Crippen LogP contribution in [0.3, 0.4) is 0 Å². The molecule has 10 heteroatoms. The molecule has 0 spiro atoms. The second-order valence-electron chi connectivity index (χ2n) is 6.64. The Kier molecular flexibility index (Phi) is 11.2. The molecular formula is C18H29F2IN4O2S. The Morgan fingerprint density at radius 3 is 2.64 bits per heavy atom. The molecule has 0 aliphatic heterocycles. The van der Waals surface area contributed by atoms with Crippen molar-refractivity contribution in [3.05, 3.63) is 35.4 Å². The summed E-state index contributed by atoms with van der Waals surface area (Å²) < 4.78 is 53.4. The van der Waals surface area contributed by atoms with Gasteiger partial charge in [-0.05, 0) is 55.9 Å². The molecule has 0 atom stereocenters. The molecule has 160 valence electrons. The summed E-state index contributed by atoms with van der Waals surface area (Å²) in [6.45, 7) is 3.46. The second-order valence-corrected chi connectivity index (χ2v) is 8.56. The second kappa shape index (κ2) is 12.5. The Morgan fingerprint density at radius 2 is 2.00 bits per heavy atom. The molecule has 1 aromatic carbocycles. The summed E-state index contributed by atoms with van der Waals surface area (Å²) in [5.41, 5.74) is 0.279. The molecule has 1 aromatic rings. The third kappa shape index (κ3) is 8.99. The van der Waals surface area contributed by atoms with Crippen molar-refractivity contribution in [3.8, 4) is 0 Å². The molecule has 0 amide bonds. The normalized spacial score (nSPS) is 14.9. The minimum absolute atomic E-state index is 0. The van der Waals surface area contributed by atoms with Gasteiger partial charge in [-0.3, -0.25) is 4.99 Å². The first kappa shape index (κ1) is 25.0. The van der Waals surface area contributed by atoms with Gasteiger partial charge in [-0.25, -0.2) is 21.9 Å². The van der Waals surface area contributed by atoms with E-state index in [-0.39, 0.29) is 48.3 Å². The summed E-state index contributed by atoms with van der Waals surface area (Å²) in [7, 11) is -3.34. The standard InChI is InChI=1S/C18H28F2N4O2S.HI/c1-2-21-18(22-9-8-15-12-16(19)6-7-17(15)20)23-10-11-27(25,26)24-13-14-4-3-5-14;/h6-7,12,14,24H,2-5,8-11,13H2,1H3,(H2,21,22,23);1H. The number of aliphatic imine (C=N–C) groups is 1. The number of nitrogens with one attached hydrogen (secondary N) is 3. The summed E-state index contributed by atoms with van der Waals surface area (Å²) in [5.74, 6) is -0.112. The Labute approximate surface area is 183 Å². The lowest BCUT2D eigenvalue weighted by Crippen LogP contribution is -2.39. The summed E-state index contributed by atoms with van der Waals surface area (Å²) in [5, 5.41) is 6.01. The molecule has 28 heavy (non-hydrogen) atoms. The molecule has 1 fully saturated rings. The molecule has 1 aliphatic carbocycles. The van der Waals surface area contributed by atoms with Crippen molar-refractivity contribution in [1.29, 1.82) is 0 Å². The molecule has 1 saturated carbocycles. The lowest BCUT2D eigenvalue weighted by Gasteiger charge is -2.25. The van der Waals surface area contributed by atoms with Gasteiger partial charge in [0.1, 0.15) is 11.6 Å². The number of benzene rings is 1. The summed E-state index contributed by atoms with van der Waals surface area (Å²) >= 11 is 0. The van der Waals surface area contributed by atoms with E-state index in [4.69, 9.17) is 0 Å². The van der Waals surface area contributed by atoms with Gasteiger partial charge in [0.25, 0.3) is 0 Å². The number of hydrogen-bond donors (Lipinski definition) is 3. The maximum absolute atomic E-state index is 13.6. The van der Waals surface area contributed by atoms with Gasteiger partial charge in [0.2, 0.25) is 10.0 Å². The van der Waals surface area contributed by atoms with Crippen molar-refractivity contribution in [2.45, 2.75) is 32.6 Å². The minimum Gasteiger partial charge on any atom is -0.357 e. The number of halogens is 3. The van der Waals surface area contributed by atoms with Gasteiger partial charge in [-0.2, -0.15) is 0 Å². The van der Waals surface area contributed by atoms with Crippen LogP contribution in [-0.4, -0.2) is 46.3 Å². The topological polar surface area (TPSA) is 82.6 Å². The lowest BCUT2D eigenvalue weighted by atomic mass is 9.86. The highest BCUT2D eigenvalue weighted by atomic mass is 127. The molecule has 0 bridgehead atoms. The Morgan fingerprint density at radius 1 is 1.25 bits per heavy atom. The number of hydrogen-bond acceptors (Lipinski definition) is 3. The first-order chi connectivity index (χ1) is 12.9. The van der Waals surface area contributed by atoms with E-state index in [0.29, 0.717) is 31.5 Å². The Bertz CT molecular complexity index is 743. The van der Waals surface area contributed by atoms with E-state index in [2.05, 4.69) is 20.3 Å². The van der Waals surface area contributed by atoms with E-state index in [1.165, 1.54) is 12.5 Å². The minimum atomic E-state index is -3.34. The van der Waals surface area contributed by atoms with E-state index >= 15 is 0 Å². The van der Waals surface area contributed by atoms with Crippen LogP contribution in [0.1, 0.15) is 31.7 Å². The van der Waals surface area contributed by atoms with Crippen molar-refractivity contribution < 1.29 is 17.2 Å². The molecule has 6 nitrogen and oxygen atoms in total. The van der Waals surface area contributed by atoms with Crippen LogP contribution in [0.15, 0.2) is 23.2 Å². The average molecular weight is 530 g/mol. The van der Waals surface area contributed by atoms with Crippen LogP contribution in [0.4, 0.5) is 8.78 Å². The molecular weight excluding hydrogens is 501 g/mol. The number of rotatable bonds is 10. The van der Waals surface area contributed by atoms with Gasteiger partial charge in [0.15, 0.2) is 5.96 Å². The molecule has 3 N–H and O–H groups in total. The maximum Gasteiger partial charge on any atom is 0.213 e. The number of guanidine groups is 1. The van der Waals surface area contributed by atoms with Crippen LogP contribution < -0.4 is 15.4 Å². The predicted molar refractivity (Wildman–Crippen MR) is 119 cm³/mol. The van der Waals surface area contributed by atoms with Gasteiger partial charge in [-0.15, -0.1) is 24.0 Å². The van der Waals surface area contributed by atoms with Crippen molar-refractivity contribution in [1.82, 2.24) is 15.4 Å². The zero-order chi connectivity index (χ0) is 19.7. The van der Waals surface area contributed by atoms with Crippen LogP contribution in [0.5, 0.6) is 0 Å². The van der Waals surface area contributed by atoms with Gasteiger partial charge < -0.3 is 10.6 Å². The van der Waals surface area contributed by atoms with Crippen LogP contribution in [0.2, 0.25) is 0 Å². The molecule has 2 rings (SSSR count). The largest absolute Gasteiger partial charge is 0.357 e. The monoisotopic (exact) mass is 530 g/mol. The van der Waals surface area contributed by atoms with E-state index in [0.717, 1.165) is 25.0 Å². The first-order valence-electron chi connectivity index (χ1n) is 9.33. The maximum atomic E-state index is 13.6. The van der Waals surface area contributed by atoms with E-state index in [9.17, 15) is 17.2 Å². The number of sulfonamides is 1. The van der Waals surface area contributed by atoms with E-state index < -0.39 is 21.7 Å². The van der Waals surface area contributed by atoms with Gasteiger partial charge >= 0.3 is 0 Å². The van der Waals surface area contributed by atoms with Gasteiger partial charge in [0.05, 0.1) is 12.3 Å². The molecule has 0 radical (unpaired) electrons. The van der Waals surface area contributed by atoms with Crippen LogP contribution in [0.25, 0.3) is 0 Å². The third-order valence-electron chi connectivity index (χ3n) is 4.49. The highest BCUT2D eigenvalue weighted by Gasteiger charge is 2.19. The highest BCUT2D eigenvalue weighted by molar-refractivity contribution is 14.0. The van der Waals surface area contributed by atoms with Crippen LogP contribution in [0, 0.1) is 17.6 Å². The SMILES string of the molecule is CCNC(=NCCS(=O)(=O)NCC1CCC1)NCCc1cc(F)ccc1F.I. The van der Waals surface area contributed by atoms with Crippen molar-refractivity contribution in [2.75, 3.05) is 31.9 Å². The molecule has 0 saturated heterocycles. The van der Waals surface area contributed by atoms with E-state index in [1.54, 1.807) is 0 Å². The fraction of sp³-hybridized carbons (Fsp3) is 0.611. The Hall–Kier alpha value is -1.01. The zero-order valence-electron chi connectivity index (χ0n) is 16.0. The smallest absolute Gasteiger partial charge is 0.213 e. The fourth-order valence-corrected chi connectivity index (χ4v) is 3.65. The van der Waals surface area contributed by atoms with E-state index in [1.807, 2.05) is 6.92 Å². The van der Waals surface area contributed by atoms with Gasteiger partial charge in [-0.1, -0.05) is 6.42 Å². The molecule has 0 aromatic heterocycles. The first-order valence-corrected chi connectivity index (χ1v) is 11.0. The fourth-order valence-electron chi connectivity index (χ4n) is 2.68. The van der Waals surface area contributed by atoms with Crippen LogP contribution in [-0.2, 0) is 16.4 Å². The Balaban J connectivity index is 0.00000392. The summed E-state index contributed by atoms with van der Waals surface area (Å²) in [6.07, 6.45) is 3.63. The quantitative estimate of drug-likeness (QED) is 0.247. The molecule has 1 aliphatic rings. The van der Waals surface area contributed by atoms with Crippen LogP contribution >= 0.6 is 24.0 Å². The zero-order valence-corrected chi connectivity index (χ0v) is 19.2. The third-order valence-corrected chi connectivity index (χ3v) is 5.81. The predicted octanol–water partition coefficient (Wildman–Crippen LogP) is 2.40. The van der Waals surface area contributed by atoms with Crippen molar-refractivity contribution >= 4 is 40.0 Å². The highest BCUT2D eigenvalue weighted by Crippen LogP contribution is 2.25. The van der Waals surface area contributed by atoms with Gasteiger partial charge in [0, 0.05) is 19.6 Å². The summed E-state index contributed by atoms with van der Waals surface area (Å²) in [6, 6.07) is 3.35. The number of nitrogens with zero attached hydrogens (tertiary/aromatic N) is 1. The molecule has 0 heterocycles. The van der Waals surface area contributed by atoms with Crippen molar-refractivity contribution in [3.63, 3.8) is 0 Å². The van der Waals surface area contributed by atoms with Crippen molar-refractivity contribution in [2.24, 2.45) is 10.9 Å². The average Bonchev–Trinajstić information content (AvgIpc) is 2.56.